The first kappa shape index (κ1) is 12.7. The minimum Gasteiger partial charge on any atom is -0.492 e. The molecule has 96 valence electrons. The Hall–Kier alpha value is -1.70. The van der Waals surface area contributed by atoms with Crippen molar-refractivity contribution in [3.05, 3.63) is 54.4 Å². The van der Waals surface area contributed by atoms with Crippen LogP contribution >= 0.6 is 0 Å². The summed E-state index contributed by atoms with van der Waals surface area (Å²) in [4.78, 5) is 0. The van der Waals surface area contributed by atoms with Crippen LogP contribution in [0.15, 0.2) is 48.8 Å². The second-order valence-electron chi connectivity index (χ2n) is 5.54. The fourth-order valence-corrected chi connectivity index (χ4v) is 1.84. The highest BCUT2D eigenvalue weighted by Crippen LogP contribution is 2.24. The Morgan fingerprint density at radius 1 is 1.00 bits per heavy atom. The molecular weight excluding hydrogens is 222 g/mol. The third-order valence-corrected chi connectivity index (χ3v) is 3.00. The average Bonchev–Trinajstić information content (AvgIpc) is 2.82. The molecular formula is C16H21NO. The minimum absolute atomic E-state index is 0.198. The monoisotopic (exact) mass is 243 g/mol. The Balaban J connectivity index is 1.87. The Morgan fingerprint density at radius 3 is 2.17 bits per heavy atom. The normalized spacial score (nSPS) is 11.5. The van der Waals surface area contributed by atoms with Crippen molar-refractivity contribution < 1.29 is 4.74 Å². The quantitative estimate of drug-likeness (QED) is 0.795. The summed E-state index contributed by atoms with van der Waals surface area (Å²) in [6.07, 6.45) is 4.10. The number of nitrogens with zero attached hydrogens (tertiary/aromatic N) is 1. The summed E-state index contributed by atoms with van der Waals surface area (Å²) in [6.45, 7) is 8.23. The van der Waals surface area contributed by atoms with Gasteiger partial charge in [-0.1, -0.05) is 32.9 Å². The Bertz CT molecular complexity index is 463. The Kier molecular flexibility index (Phi) is 3.75. The largest absolute Gasteiger partial charge is 0.492 e. The molecule has 0 radical (unpaired) electrons. The first-order chi connectivity index (χ1) is 8.55. The van der Waals surface area contributed by atoms with Crippen LogP contribution in [0.3, 0.4) is 0 Å². The summed E-state index contributed by atoms with van der Waals surface area (Å²) in [7, 11) is 0. The Labute approximate surface area is 109 Å². The zero-order chi connectivity index (χ0) is 13.0. The molecule has 0 N–H and O–H groups in total. The third-order valence-electron chi connectivity index (χ3n) is 3.00. The van der Waals surface area contributed by atoms with E-state index in [1.54, 1.807) is 0 Å². The van der Waals surface area contributed by atoms with Gasteiger partial charge >= 0.3 is 0 Å². The van der Waals surface area contributed by atoms with Gasteiger partial charge in [0, 0.05) is 12.4 Å². The minimum atomic E-state index is 0.198. The van der Waals surface area contributed by atoms with Gasteiger partial charge in [-0.2, -0.15) is 0 Å². The fourth-order valence-electron chi connectivity index (χ4n) is 1.84. The topological polar surface area (TPSA) is 14.2 Å². The van der Waals surface area contributed by atoms with E-state index in [4.69, 9.17) is 4.74 Å². The Morgan fingerprint density at radius 2 is 1.61 bits per heavy atom. The van der Waals surface area contributed by atoms with E-state index in [0.717, 1.165) is 12.3 Å². The van der Waals surface area contributed by atoms with Crippen LogP contribution in [0, 0.1) is 0 Å². The van der Waals surface area contributed by atoms with Crippen LogP contribution in [0.4, 0.5) is 0 Å². The van der Waals surface area contributed by atoms with Crippen LogP contribution < -0.4 is 4.74 Å². The molecule has 0 aliphatic carbocycles. The number of hydrogen-bond donors (Lipinski definition) is 0. The summed E-state index contributed by atoms with van der Waals surface area (Å²) in [5.74, 6) is 0.940. The van der Waals surface area contributed by atoms with Gasteiger partial charge in [-0.15, -0.1) is 0 Å². The number of rotatable bonds is 4. The van der Waals surface area contributed by atoms with E-state index in [1.807, 2.05) is 24.5 Å². The fraction of sp³-hybridized carbons (Fsp3) is 0.375. The second kappa shape index (κ2) is 5.30. The average molecular weight is 243 g/mol. The summed E-state index contributed by atoms with van der Waals surface area (Å²) in [6, 6.07) is 12.4. The van der Waals surface area contributed by atoms with Gasteiger partial charge in [-0.05, 0) is 35.2 Å². The number of ether oxygens (including phenoxy) is 1. The van der Waals surface area contributed by atoms with Gasteiger partial charge in [-0.3, -0.25) is 0 Å². The van der Waals surface area contributed by atoms with Gasteiger partial charge in [-0.25, -0.2) is 0 Å². The molecule has 1 aromatic heterocycles. The van der Waals surface area contributed by atoms with E-state index < -0.39 is 0 Å². The van der Waals surface area contributed by atoms with E-state index in [0.29, 0.717) is 6.61 Å². The van der Waals surface area contributed by atoms with E-state index in [1.165, 1.54) is 5.56 Å². The van der Waals surface area contributed by atoms with Crippen molar-refractivity contribution in [1.29, 1.82) is 0 Å². The van der Waals surface area contributed by atoms with Crippen molar-refractivity contribution in [2.75, 3.05) is 6.61 Å². The van der Waals surface area contributed by atoms with Crippen molar-refractivity contribution >= 4 is 0 Å². The molecule has 18 heavy (non-hydrogen) atoms. The molecule has 0 unspecified atom stereocenters. The van der Waals surface area contributed by atoms with Crippen molar-refractivity contribution in [3.63, 3.8) is 0 Å². The van der Waals surface area contributed by atoms with Crippen molar-refractivity contribution in [2.45, 2.75) is 32.7 Å². The first-order valence-electron chi connectivity index (χ1n) is 6.40. The van der Waals surface area contributed by atoms with Gasteiger partial charge in [0.05, 0.1) is 6.54 Å². The maximum Gasteiger partial charge on any atom is 0.119 e. The van der Waals surface area contributed by atoms with E-state index in [2.05, 4.69) is 49.6 Å². The maximum absolute atomic E-state index is 5.73. The summed E-state index contributed by atoms with van der Waals surface area (Å²) in [5.41, 5.74) is 1.53. The van der Waals surface area contributed by atoms with Crippen LogP contribution in [0.2, 0.25) is 0 Å². The van der Waals surface area contributed by atoms with Crippen molar-refractivity contribution in [2.24, 2.45) is 0 Å². The zero-order valence-corrected chi connectivity index (χ0v) is 11.4. The number of aromatic nitrogens is 1. The highest BCUT2D eigenvalue weighted by molar-refractivity contribution is 5.31. The lowest BCUT2D eigenvalue weighted by Crippen LogP contribution is -2.11. The SMILES string of the molecule is CC(C)(C)c1ccc(OCCn2cccc2)cc1. The van der Waals surface area contributed by atoms with E-state index >= 15 is 0 Å². The van der Waals surface area contributed by atoms with Crippen LogP contribution in [0.5, 0.6) is 5.75 Å². The zero-order valence-electron chi connectivity index (χ0n) is 11.4. The molecule has 0 bridgehead atoms. The van der Waals surface area contributed by atoms with Crippen molar-refractivity contribution in [3.8, 4) is 5.75 Å². The molecule has 0 aliphatic rings. The highest BCUT2D eigenvalue weighted by Gasteiger charge is 2.12. The van der Waals surface area contributed by atoms with Gasteiger partial charge in [0.25, 0.3) is 0 Å². The highest BCUT2D eigenvalue weighted by atomic mass is 16.5. The molecule has 0 fully saturated rings. The molecule has 2 rings (SSSR count). The summed E-state index contributed by atoms with van der Waals surface area (Å²) >= 11 is 0. The molecule has 1 heterocycles. The number of benzene rings is 1. The molecule has 0 saturated carbocycles. The van der Waals surface area contributed by atoms with E-state index in [-0.39, 0.29) is 5.41 Å². The standard InChI is InChI=1S/C16H21NO/c1-16(2,3)14-6-8-15(9-7-14)18-13-12-17-10-4-5-11-17/h4-11H,12-13H2,1-3H3. The predicted molar refractivity (Wildman–Crippen MR) is 75.1 cm³/mol. The smallest absolute Gasteiger partial charge is 0.119 e. The van der Waals surface area contributed by atoms with Crippen LogP contribution in [-0.2, 0) is 12.0 Å². The molecule has 0 spiro atoms. The third kappa shape index (κ3) is 3.39. The summed E-state index contributed by atoms with van der Waals surface area (Å²) in [5, 5.41) is 0. The molecule has 1 aromatic carbocycles. The molecule has 0 saturated heterocycles. The molecule has 0 aliphatic heterocycles. The van der Waals surface area contributed by atoms with Crippen LogP contribution in [0.1, 0.15) is 26.3 Å². The molecule has 0 atom stereocenters. The second-order valence-corrected chi connectivity index (χ2v) is 5.54. The van der Waals surface area contributed by atoms with E-state index in [9.17, 15) is 0 Å². The summed E-state index contributed by atoms with van der Waals surface area (Å²) < 4.78 is 7.84. The van der Waals surface area contributed by atoms with Gasteiger partial charge in [0.1, 0.15) is 12.4 Å². The first-order valence-corrected chi connectivity index (χ1v) is 6.40. The lowest BCUT2D eigenvalue weighted by Gasteiger charge is -2.19. The number of hydrogen-bond acceptors (Lipinski definition) is 1. The van der Waals surface area contributed by atoms with Gasteiger partial charge in [0.2, 0.25) is 0 Å². The van der Waals surface area contributed by atoms with Crippen LogP contribution in [-0.4, -0.2) is 11.2 Å². The molecule has 2 aromatic rings. The van der Waals surface area contributed by atoms with Gasteiger partial charge in [0.15, 0.2) is 0 Å². The maximum atomic E-state index is 5.73. The molecule has 2 nitrogen and oxygen atoms in total. The van der Waals surface area contributed by atoms with Crippen LogP contribution in [0.25, 0.3) is 0 Å². The van der Waals surface area contributed by atoms with Crippen molar-refractivity contribution in [1.82, 2.24) is 4.57 Å². The molecule has 0 amide bonds. The lowest BCUT2D eigenvalue weighted by atomic mass is 9.87. The predicted octanol–water partition coefficient (Wildman–Crippen LogP) is 3.86. The van der Waals surface area contributed by atoms with Gasteiger partial charge < -0.3 is 9.30 Å². The lowest BCUT2D eigenvalue weighted by molar-refractivity contribution is 0.298. The molecule has 2 heteroatoms.